The van der Waals surface area contributed by atoms with Crippen molar-refractivity contribution < 1.29 is 0 Å². The monoisotopic (exact) mass is 302 g/mol. The van der Waals surface area contributed by atoms with Gasteiger partial charge in [0.1, 0.15) is 5.01 Å². The number of pyridine rings is 1. The molecule has 0 fully saturated rings. The number of aromatic nitrogens is 3. The van der Waals surface area contributed by atoms with Gasteiger partial charge in [-0.15, -0.1) is 22.7 Å². The Bertz CT molecular complexity index is 675. The number of hydrogen-bond acceptors (Lipinski definition) is 6. The fourth-order valence-corrected chi connectivity index (χ4v) is 3.40. The molecule has 0 saturated heterocycles. The van der Waals surface area contributed by atoms with Crippen LogP contribution in [0.5, 0.6) is 0 Å². The quantitative estimate of drug-likeness (QED) is 0.769. The van der Waals surface area contributed by atoms with Crippen molar-refractivity contribution in [2.75, 3.05) is 11.9 Å². The standard InChI is InChI=1S/C14H14N4S2/c1-2-5-16-14-18-11(9-19-14)12-8-17-13(20-12)10-4-3-6-15-7-10/h3-4,6-9H,2,5H2,1H3,(H,16,18). The molecule has 0 amide bonds. The minimum Gasteiger partial charge on any atom is -0.362 e. The fourth-order valence-electron chi connectivity index (χ4n) is 1.72. The van der Waals surface area contributed by atoms with Gasteiger partial charge in [0.25, 0.3) is 0 Å². The third-order valence-corrected chi connectivity index (χ3v) is 4.57. The lowest BCUT2D eigenvalue weighted by Gasteiger charge is -1.96. The first-order valence-electron chi connectivity index (χ1n) is 6.43. The average molecular weight is 302 g/mol. The molecule has 0 bridgehead atoms. The second-order valence-corrected chi connectivity index (χ2v) is 6.12. The van der Waals surface area contributed by atoms with Crippen LogP contribution in [-0.4, -0.2) is 21.5 Å². The highest BCUT2D eigenvalue weighted by Gasteiger charge is 2.09. The predicted octanol–water partition coefficient (Wildman–Crippen LogP) is 4.15. The van der Waals surface area contributed by atoms with Crippen LogP contribution in [0.2, 0.25) is 0 Å². The van der Waals surface area contributed by atoms with Crippen molar-refractivity contribution in [3.05, 3.63) is 36.1 Å². The molecule has 0 unspecified atom stereocenters. The molecule has 3 rings (SSSR count). The molecule has 3 aromatic rings. The first-order chi connectivity index (χ1) is 9.86. The van der Waals surface area contributed by atoms with Crippen LogP contribution in [0.4, 0.5) is 5.13 Å². The number of thiazole rings is 2. The van der Waals surface area contributed by atoms with E-state index in [0.717, 1.165) is 39.2 Å². The van der Waals surface area contributed by atoms with Crippen LogP contribution in [-0.2, 0) is 0 Å². The van der Waals surface area contributed by atoms with Gasteiger partial charge in [-0.25, -0.2) is 9.97 Å². The van der Waals surface area contributed by atoms with Crippen molar-refractivity contribution >= 4 is 27.8 Å². The Morgan fingerprint density at radius 2 is 2.25 bits per heavy atom. The van der Waals surface area contributed by atoms with Gasteiger partial charge in [-0.1, -0.05) is 6.92 Å². The third kappa shape index (κ3) is 2.86. The minimum absolute atomic E-state index is 0.955. The molecule has 0 spiro atoms. The zero-order chi connectivity index (χ0) is 13.8. The zero-order valence-electron chi connectivity index (χ0n) is 11.0. The zero-order valence-corrected chi connectivity index (χ0v) is 12.7. The lowest BCUT2D eigenvalue weighted by Crippen LogP contribution is -1.98. The Labute approximate surface area is 125 Å². The van der Waals surface area contributed by atoms with Gasteiger partial charge in [-0.3, -0.25) is 4.98 Å². The molecule has 0 saturated carbocycles. The molecular weight excluding hydrogens is 288 g/mol. The molecule has 3 aromatic heterocycles. The highest BCUT2D eigenvalue weighted by atomic mass is 32.1. The van der Waals surface area contributed by atoms with Crippen LogP contribution >= 0.6 is 22.7 Å². The number of rotatable bonds is 5. The normalized spacial score (nSPS) is 10.7. The Morgan fingerprint density at radius 3 is 3.05 bits per heavy atom. The molecule has 102 valence electrons. The molecule has 0 atom stereocenters. The third-order valence-electron chi connectivity index (χ3n) is 2.70. The maximum absolute atomic E-state index is 4.59. The SMILES string of the molecule is CCCNc1nc(-c2cnc(-c3cccnc3)s2)cs1. The highest BCUT2D eigenvalue weighted by molar-refractivity contribution is 7.19. The summed E-state index contributed by atoms with van der Waals surface area (Å²) in [7, 11) is 0. The van der Waals surface area contributed by atoms with Crippen LogP contribution in [0.3, 0.4) is 0 Å². The second kappa shape index (κ2) is 6.11. The first kappa shape index (κ1) is 13.2. The lowest BCUT2D eigenvalue weighted by molar-refractivity contribution is 0.976. The molecule has 6 heteroatoms. The van der Waals surface area contributed by atoms with Gasteiger partial charge in [-0.05, 0) is 18.6 Å². The van der Waals surface area contributed by atoms with Gasteiger partial charge in [0.15, 0.2) is 5.13 Å². The molecule has 20 heavy (non-hydrogen) atoms. The molecule has 0 radical (unpaired) electrons. The van der Waals surface area contributed by atoms with Gasteiger partial charge < -0.3 is 5.32 Å². The van der Waals surface area contributed by atoms with Crippen LogP contribution in [0.1, 0.15) is 13.3 Å². The van der Waals surface area contributed by atoms with E-state index in [1.807, 2.05) is 24.5 Å². The van der Waals surface area contributed by atoms with E-state index in [2.05, 4.69) is 32.6 Å². The van der Waals surface area contributed by atoms with E-state index in [1.165, 1.54) is 0 Å². The van der Waals surface area contributed by atoms with Crippen LogP contribution in [0, 0.1) is 0 Å². The van der Waals surface area contributed by atoms with Crippen molar-refractivity contribution in [1.29, 1.82) is 0 Å². The summed E-state index contributed by atoms with van der Waals surface area (Å²) in [6.45, 7) is 3.10. The maximum atomic E-state index is 4.59. The molecular formula is C14H14N4S2. The van der Waals surface area contributed by atoms with Gasteiger partial charge >= 0.3 is 0 Å². The van der Waals surface area contributed by atoms with Gasteiger partial charge in [0, 0.05) is 36.1 Å². The smallest absolute Gasteiger partial charge is 0.183 e. The molecule has 0 aliphatic heterocycles. The summed E-state index contributed by atoms with van der Waals surface area (Å²) in [4.78, 5) is 14.3. The number of anilines is 1. The van der Waals surface area contributed by atoms with Crippen molar-refractivity contribution in [2.24, 2.45) is 0 Å². The first-order valence-corrected chi connectivity index (χ1v) is 8.12. The number of hydrogen-bond donors (Lipinski definition) is 1. The summed E-state index contributed by atoms with van der Waals surface area (Å²) in [6, 6.07) is 3.94. The summed E-state index contributed by atoms with van der Waals surface area (Å²) in [5.41, 5.74) is 2.03. The van der Waals surface area contributed by atoms with Crippen LogP contribution < -0.4 is 5.32 Å². The summed E-state index contributed by atoms with van der Waals surface area (Å²) in [5, 5.41) is 7.32. The topological polar surface area (TPSA) is 50.7 Å². The van der Waals surface area contributed by atoms with Crippen molar-refractivity contribution in [1.82, 2.24) is 15.0 Å². The Kier molecular flexibility index (Phi) is 4.03. The maximum Gasteiger partial charge on any atom is 0.183 e. The molecule has 4 nitrogen and oxygen atoms in total. The molecule has 0 aliphatic carbocycles. The van der Waals surface area contributed by atoms with E-state index in [9.17, 15) is 0 Å². The lowest BCUT2D eigenvalue weighted by atomic mass is 10.3. The highest BCUT2D eigenvalue weighted by Crippen LogP contribution is 2.33. The summed E-state index contributed by atoms with van der Waals surface area (Å²) >= 11 is 3.28. The molecule has 0 aromatic carbocycles. The average Bonchev–Trinajstić information content (AvgIpc) is 3.15. The molecule has 0 aliphatic rings. The second-order valence-electron chi connectivity index (χ2n) is 4.24. The summed E-state index contributed by atoms with van der Waals surface area (Å²) in [5.74, 6) is 0. The Hall–Kier alpha value is -1.79. The molecule has 3 heterocycles. The van der Waals surface area contributed by atoms with E-state index in [0.29, 0.717) is 0 Å². The van der Waals surface area contributed by atoms with Gasteiger partial charge in [-0.2, -0.15) is 0 Å². The van der Waals surface area contributed by atoms with E-state index >= 15 is 0 Å². The van der Waals surface area contributed by atoms with E-state index in [1.54, 1.807) is 28.9 Å². The largest absolute Gasteiger partial charge is 0.362 e. The minimum atomic E-state index is 0.955. The van der Waals surface area contributed by atoms with Crippen LogP contribution in [0.15, 0.2) is 36.1 Å². The number of nitrogens with zero attached hydrogens (tertiary/aromatic N) is 3. The fraction of sp³-hybridized carbons (Fsp3) is 0.214. The summed E-state index contributed by atoms with van der Waals surface area (Å²) in [6.07, 6.45) is 6.58. The van der Waals surface area contributed by atoms with Gasteiger partial charge in [0.2, 0.25) is 0 Å². The Morgan fingerprint density at radius 1 is 1.30 bits per heavy atom. The summed E-state index contributed by atoms with van der Waals surface area (Å²) < 4.78 is 0. The molecule has 1 N–H and O–H groups in total. The van der Waals surface area contributed by atoms with E-state index in [-0.39, 0.29) is 0 Å². The predicted molar refractivity (Wildman–Crippen MR) is 85.2 cm³/mol. The number of nitrogens with one attached hydrogen (secondary N) is 1. The van der Waals surface area contributed by atoms with Crippen LogP contribution in [0.25, 0.3) is 21.1 Å². The van der Waals surface area contributed by atoms with Crippen molar-refractivity contribution in [2.45, 2.75) is 13.3 Å². The Balaban J connectivity index is 1.81. The van der Waals surface area contributed by atoms with E-state index < -0.39 is 0 Å². The van der Waals surface area contributed by atoms with Crippen molar-refractivity contribution in [3.63, 3.8) is 0 Å². The van der Waals surface area contributed by atoms with Crippen molar-refractivity contribution in [3.8, 4) is 21.1 Å². The van der Waals surface area contributed by atoms with Gasteiger partial charge in [0.05, 0.1) is 10.6 Å². The van der Waals surface area contributed by atoms with E-state index in [4.69, 9.17) is 0 Å².